The summed E-state index contributed by atoms with van der Waals surface area (Å²) in [6.07, 6.45) is 5.42. The van der Waals surface area contributed by atoms with E-state index in [9.17, 15) is 13.6 Å². The van der Waals surface area contributed by atoms with Crippen molar-refractivity contribution in [2.45, 2.75) is 20.3 Å². The van der Waals surface area contributed by atoms with E-state index in [4.69, 9.17) is 0 Å². The van der Waals surface area contributed by atoms with Gasteiger partial charge in [0.1, 0.15) is 11.6 Å². The average Bonchev–Trinajstić information content (AvgIpc) is 3.02. The van der Waals surface area contributed by atoms with E-state index in [0.29, 0.717) is 37.4 Å². The molecule has 1 amide bonds. The van der Waals surface area contributed by atoms with Crippen LogP contribution in [0.5, 0.6) is 0 Å². The van der Waals surface area contributed by atoms with Gasteiger partial charge in [0.2, 0.25) is 0 Å². The van der Waals surface area contributed by atoms with Crippen LogP contribution in [0.2, 0.25) is 0 Å². The molecule has 2 fully saturated rings. The Bertz CT molecular complexity index is 1030. The molecule has 1 N–H and O–H groups in total. The summed E-state index contributed by atoms with van der Waals surface area (Å²) in [5, 5.41) is 0. The summed E-state index contributed by atoms with van der Waals surface area (Å²) < 4.78 is 24.7. The Kier molecular flexibility index (Phi) is 5.06. The van der Waals surface area contributed by atoms with Gasteiger partial charge in [-0.2, -0.15) is 4.21 Å². The highest BCUT2D eigenvalue weighted by Gasteiger charge is 2.36. The lowest BCUT2D eigenvalue weighted by Crippen LogP contribution is -2.49. The summed E-state index contributed by atoms with van der Waals surface area (Å²) in [6.45, 7) is 7.27. The molecule has 2 saturated heterocycles. The van der Waals surface area contributed by atoms with E-state index in [0.717, 1.165) is 30.0 Å². The molecule has 0 saturated carbocycles. The largest absolute Gasteiger partial charge is 0.353 e. The lowest BCUT2D eigenvalue weighted by Gasteiger charge is -2.43. The fraction of sp³-hybridized carbons (Fsp3) is 0.476. The van der Waals surface area contributed by atoms with Gasteiger partial charge in [-0.1, -0.05) is 6.07 Å². The Hall–Kier alpha value is -2.52. The second kappa shape index (κ2) is 7.31. The van der Waals surface area contributed by atoms with Crippen molar-refractivity contribution in [1.82, 2.24) is 14.9 Å². The molecule has 4 rings (SSSR count). The maximum absolute atomic E-state index is 12.9. The second-order valence-electron chi connectivity index (χ2n) is 8.42. The highest BCUT2D eigenvalue weighted by Crippen LogP contribution is 2.34. The third kappa shape index (κ3) is 3.91. The number of aryl methyl sites for hydroxylation is 2. The summed E-state index contributed by atoms with van der Waals surface area (Å²) in [5.74, 6) is 1.60. The van der Waals surface area contributed by atoms with Gasteiger partial charge in [0.15, 0.2) is 0 Å². The maximum atomic E-state index is 12.9. The molecule has 8 nitrogen and oxygen atoms in total. The normalized spacial score (nSPS) is 21.9. The van der Waals surface area contributed by atoms with E-state index in [1.165, 1.54) is 16.8 Å². The fourth-order valence-electron chi connectivity index (χ4n) is 4.24. The molecule has 2 aliphatic rings. The van der Waals surface area contributed by atoms with Gasteiger partial charge in [0.05, 0.1) is 11.3 Å². The highest BCUT2D eigenvalue weighted by atomic mass is 32.3. The first-order valence-electron chi connectivity index (χ1n) is 10.2. The SMILES string of the molecule is Cc1cnc(N2CCN(C(=O)c3ccc(N4CCCS4(C)(=O)O)nc3)CC2)c(C)c1. The van der Waals surface area contributed by atoms with E-state index < -0.39 is 9.53 Å². The Morgan fingerprint density at radius 3 is 2.37 bits per heavy atom. The van der Waals surface area contributed by atoms with Crippen molar-refractivity contribution in [3.8, 4) is 0 Å². The third-order valence-corrected chi connectivity index (χ3v) is 8.57. The first-order valence-corrected chi connectivity index (χ1v) is 12.7. The van der Waals surface area contributed by atoms with E-state index in [-0.39, 0.29) is 11.7 Å². The first kappa shape index (κ1) is 20.7. The molecule has 0 aromatic carbocycles. The molecule has 162 valence electrons. The van der Waals surface area contributed by atoms with Crippen LogP contribution in [-0.4, -0.2) is 74.3 Å². The van der Waals surface area contributed by atoms with Crippen molar-refractivity contribution in [3.63, 3.8) is 0 Å². The zero-order valence-corrected chi connectivity index (χ0v) is 18.6. The lowest BCUT2D eigenvalue weighted by molar-refractivity contribution is 0.0746. The number of rotatable bonds is 3. The van der Waals surface area contributed by atoms with Gasteiger partial charge in [-0.15, -0.1) is 9.53 Å². The molecule has 2 aromatic rings. The van der Waals surface area contributed by atoms with Crippen LogP contribution >= 0.6 is 0 Å². The molecule has 0 radical (unpaired) electrons. The zero-order chi connectivity index (χ0) is 21.5. The Balaban J connectivity index is 1.42. The fourth-order valence-corrected chi connectivity index (χ4v) is 6.44. The van der Waals surface area contributed by atoms with Crippen LogP contribution in [0, 0.1) is 13.8 Å². The number of carbonyl (C=O) groups excluding carboxylic acids is 1. The molecule has 0 unspecified atom stereocenters. The van der Waals surface area contributed by atoms with Gasteiger partial charge in [-0.3, -0.25) is 13.7 Å². The summed E-state index contributed by atoms with van der Waals surface area (Å²) in [6, 6.07) is 5.49. The standard InChI is InChI=1S/C21H29N5O3S/c1-16-13-17(2)20(23-14-16)24-8-10-25(11-9-24)21(27)18-5-6-19(22-15-18)26-7-4-12-30(26,3,28)29/h5-6,13-15H,4,7-12H2,1-3H3,(H,28,29). The first-order chi connectivity index (χ1) is 14.1. The molecule has 0 atom stereocenters. The summed E-state index contributed by atoms with van der Waals surface area (Å²) in [7, 11) is -3.83. The Labute approximate surface area is 177 Å². The van der Waals surface area contributed by atoms with Crippen LogP contribution in [0.25, 0.3) is 0 Å². The predicted molar refractivity (Wildman–Crippen MR) is 120 cm³/mol. The summed E-state index contributed by atoms with van der Waals surface area (Å²) >= 11 is 0. The molecular weight excluding hydrogens is 402 g/mol. The van der Waals surface area contributed by atoms with Crippen LogP contribution in [0.4, 0.5) is 11.6 Å². The van der Waals surface area contributed by atoms with Crippen LogP contribution < -0.4 is 9.21 Å². The third-order valence-electron chi connectivity index (χ3n) is 5.84. The maximum Gasteiger partial charge on any atom is 0.255 e. The van der Waals surface area contributed by atoms with Crippen LogP contribution in [0.15, 0.2) is 30.6 Å². The molecule has 30 heavy (non-hydrogen) atoms. The number of hydrogen-bond acceptors (Lipinski definition) is 5. The van der Waals surface area contributed by atoms with Crippen LogP contribution in [0.1, 0.15) is 27.9 Å². The number of anilines is 2. The molecule has 0 spiro atoms. The quantitative estimate of drug-likeness (QED) is 0.801. The monoisotopic (exact) mass is 431 g/mol. The van der Waals surface area contributed by atoms with Gasteiger partial charge in [-0.25, -0.2) is 9.97 Å². The van der Waals surface area contributed by atoms with Crippen molar-refractivity contribution in [1.29, 1.82) is 0 Å². The molecule has 0 aliphatic carbocycles. The number of nitrogens with zero attached hydrogens (tertiary/aromatic N) is 5. The average molecular weight is 432 g/mol. The minimum Gasteiger partial charge on any atom is -0.353 e. The van der Waals surface area contributed by atoms with Crippen LogP contribution in [0.3, 0.4) is 0 Å². The molecule has 2 aromatic heterocycles. The second-order valence-corrected chi connectivity index (χ2v) is 12.1. The van der Waals surface area contributed by atoms with E-state index in [1.807, 2.05) is 18.0 Å². The number of pyridine rings is 2. The van der Waals surface area contributed by atoms with Gasteiger partial charge in [0.25, 0.3) is 5.91 Å². The summed E-state index contributed by atoms with van der Waals surface area (Å²) in [5.41, 5.74) is 2.78. The smallest absolute Gasteiger partial charge is 0.255 e. The number of piperazine rings is 1. The van der Waals surface area contributed by atoms with Crippen molar-refractivity contribution in [2.75, 3.05) is 53.9 Å². The lowest BCUT2D eigenvalue weighted by atomic mass is 10.2. The van der Waals surface area contributed by atoms with Crippen molar-refractivity contribution < 1.29 is 13.6 Å². The predicted octanol–water partition coefficient (Wildman–Crippen LogP) is 2.10. The highest BCUT2D eigenvalue weighted by molar-refractivity contribution is 8.15. The van der Waals surface area contributed by atoms with Crippen LogP contribution in [-0.2, 0) is 9.53 Å². The molecule has 0 bridgehead atoms. The van der Waals surface area contributed by atoms with Gasteiger partial charge in [-0.05, 0) is 43.5 Å². The summed E-state index contributed by atoms with van der Waals surface area (Å²) in [4.78, 5) is 25.8. The zero-order valence-electron chi connectivity index (χ0n) is 17.7. The molecule has 4 heterocycles. The van der Waals surface area contributed by atoms with E-state index >= 15 is 0 Å². The Morgan fingerprint density at radius 1 is 1.07 bits per heavy atom. The molecular formula is C21H29N5O3S. The number of carbonyl (C=O) groups is 1. The number of aromatic nitrogens is 2. The van der Waals surface area contributed by atoms with Gasteiger partial charge < -0.3 is 9.80 Å². The van der Waals surface area contributed by atoms with E-state index in [1.54, 1.807) is 12.1 Å². The number of amides is 1. The van der Waals surface area contributed by atoms with Crippen molar-refractivity contribution >= 4 is 27.1 Å². The molecule has 2 aliphatic heterocycles. The van der Waals surface area contributed by atoms with Crippen molar-refractivity contribution in [3.05, 3.63) is 47.3 Å². The topological polar surface area (TPSA) is 89.9 Å². The Morgan fingerprint density at radius 2 is 1.80 bits per heavy atom. The number of hydrogen-bond donors (Lipinski definition) is 1. The minimum atomic E-state index is -3.83. The minimum absolute atomic E-state index is 0.0677. The van der Waals surface area contributed by atoms with Crippen molar-refractivity contribution in [2.24, 2.45) is 0 Å². The van der Waals surface area contributed by atoms with Gasteiger partial charge in [0, 0.05) is 51.4 Å². The van der Waals surface area contributed by atoms with Gasteiger partial charge >= 0.3 is 0 Å². The van der Waals surface area contributed by atoms with E-state index in [2.05, 4.69) is 27.9 Å². The molecule has 9 heteroatoms.